The van der Waals surface area contributed by atoms with Crippen molar-refractivity contribution >= 4 is 33.4 Å². The number of nitrogens with two attached hydrogens (primary N) is 1. The largest absolute Gasteiger partial charge is 0.341 e. The van der Waals surface area contributed by atoms with Gasteiger partial charge < -0.3 is 10.7 Å². The molecule has 0 fully saturated rings. The summed E-state index contributed by atoms with van der Waals surface area (Å²) in [6, 6.07) is 5.24. The van der Waals surface area contributed by atoms with Crippen molar-refractivity contribution in [3.8, 4) is 0 Å². The van der Waals surface area contributed by atoms with E-state index in [1.165, 1.54) is 0 Å². The third kappa shape index (κ3) is 3.06. The first-order valence-electron chi connectivity index (χ1n) is 5.27. The number of nitrogens with zero attached hydrogens (tertiary/aromatic N) is 1. The van der Waals surface area contributed by atoms with E-state index in [0.29, 0.717) is 23.0 Å². The number of fused-ring (bicyclic) bond motifs is 1. The summed E-state index contributed by atoms with van der Waals surface area (Å²) in [6.45, 7) is 0. The Hall–Kier alpha value is -0.910. The van der Waals surface area contributed by atoms with Gasteiger partial charge in [0.25, 0.3) is 0 Å². The van der Waals surface area contributed by atoms with Crippen molar-refractivity contribution in [1.29, 1.82) is 0 Å². The molecular formula is C11H14ClN3OS. The molecule has 17 heavy (non-hydrogen) atoms. The van der Waals surface area contributed by atoms with Crippen molar-refractivity contribution in [2.45, 2.75) is 12.5 Å². The summed E-state index contributed by atoms with van der Waals surface area (Å²) in [6.07, 6.45) is 2.32. The number of hydrogen-bond donors (Lipinski definition) is 2. The Balaban J connectivity index is 2.21. The lowest BCUT2D eigenvalue weighted by molar-refractivity contribution is 0.648. The summed E-state index contributed by atoms with van der Waals surface area (Å²) in [4.78, 5) is 7.53. The lowest BCUT2D eigenvalue weighted by Crippen LogP contribution is -2.14. The number of benzene rings is 1. The fourth-order valence-electron chi connectivity index (χ4n) is 1.61. The highest BCUT2D eigenvalue weighted by Crippen LogP contribution is 2.20. The number of aromatic amines is 1. The van der Waals surface area contributed by atoms with E-state index in [9.17, 15) is 4.21 Å². The maximum Gasteiger partial charge on any atom is 0.124 e. The minimum absolute atomic E-state index is 0.218. The van der Waals surface area contributed by atoms with Crippen LogP contribution in [-0.4, -0.2) is 26.2 Å². The van der Waals surface area contributed by atoms with E-state index in [2.05, 4.69) is 9.97 Å². The predicted octanol–water partition coefficient (Wildman–Crippen LogP) is 1.98. The molecule has 2 unspecified atom stereocenters. The quantitative estimate of drug-likeness (QED) is 0.893. The summed E-state index contributed by atoms with van der Waals surface area (Å²) in [7, 11) is -0.824. The van der Waals surface area contributed by atoms with Gasteiger partial charge in [0.15, 0.2) is 0 Å². The SMILES string of the molecule is CS(=O)CCC(N)c1nc2ccc(Cl)cc2[nH]1. The van der Waals surface area contributed by atoms with E-state index in [1.54, 1.807) is 12.3 Å². The molecule has 0 aliphatic rings. The standard InChI is InChI=1S/C11H14ClN3OS/c1-17(16)5-4-8(13)11-14-9-3-2-7(12)6-10(9)15-11/h2-3,6,8H,4-5,13H2,1H3,(H,14,15). The zero-order valence-corrected chi connectivity index (χ0v) is 11.0. The van der Waals surface area contributed by atoms with E-state index >= 15 is 0 Å². The molecule has 1 heterocycles. The van der Waals surface area contributed by atoms with Crippen LogP contribution in [0.1, 0.15) is 18.3 Å². The first-order chi connectivity index (χ1) is 8.06. The van der Waals surface area contributed by atoms with Crippen LogP contribution < -0.4 is 5.73 Å². The molecule has 2 rings (SSSR count). The van der Waals surface area contributed by atoms with Crippen LogP contribution in [0.25, 0.3) is 11.0 Å². The number of halogens is 1. The van der Waals surface area contributed by atoms with E-state index in [0.717, 1.165) is 11.0 Å². The molecular weight excluding hydrogens is 258 g/mol. The van der Waals surface area contributed by atoms with Crippen LogP contribution in [0.2, 0.25) is 5.02 Å². The van der Waals surface area contributed by atoms with Crippen LogP contribution in [0.15, 0.2) is 18.2 Å². The average Bonchev–Trinajstić information content (AvgIpc) is 2.68. The second-order valence-electron chi connectivity index (χ2n) is 3.96. The molecule has 2 aromatic rings. The first-order valence-corrected chi connectivity index (χ1v) is 7.37. The summed E-state index contributed by atoms with van der Waals surface area (Å²) in [5.41, 5.74) is 7.70. The minimum atomic E-state index is -0.824. The van der Waals surface area contributed by atoms with E-state index in [1.807, 2.05) is 12.1 Å². The molecule has 0 spiro atoms. The molecule has 92 valence electrons. The summed E-state index contributed by atoms with van der Waals surface area (Å²) in [5, 5.41) is 0.663. The Morgan fingerprint density at radius 2 is 2.35 bits per heavy atom. The maximum absolute atomic E-state index is 11.0. The molecule has 4 nitrogen and oxygen atoms in total. The highest BCUT2D eigenvalue weighted by molar-refractivity contribution is 7.84. The highest BCUT2D eigenvalue weighted by atomic mass is 35.5. The lowest BCUT2D eigenvalue weighted by atomic mass is 10.2. The van der Waals surface area contributed by atoms with Gasteiger partial charge in [-0.15, -0.1) is 0 Å². The number of imidazole rings is 1. The van der Waals surface area contributed by atoms with Gasteiger partial charge in [-0.05, 0) is 24.6 Å². The van der Waals surface area contributed by atoms with E-state index < -0.39 is 10.8 Å². The molecule has 0 aliphatic heterocycles. The summed E-state index contributed by atoms with van der Waals surface area (Å²) in [5.74, 6) is 1.30. The van der Waals surface area contributed by atoms with Crippen molar-refractivity contribution in [3.05, 3.63) is 29.0 Å². The molecule has 0 amide bonds. The second-order valence-corrected chi connectivity index (χ2v) is 5.95. The molecule has 2 atom stereocenters. The molecule has 0 saturated carbocycles. The lowest BCUT2D eigenvalue weighted by Gasteiger charge is -2.06. The molecule has 1 aromatic carbocycles. The van der Waals surface area contributed by atoms with Gasteiger partial charge >= 0.3 is 0 Å². The molecule has 0 bridgehead atoms. The Labute approximate surface area is 107 Å². The molecule has 0 aliphatic carbocycles. The van der Waals surface area contributed by atoms with Crippen molar-refractivity contribution in [3.63, 3.8) is 0 Å². The predicted molar refractivity (Wildman–Crippen MR) is 71.6 cm³/mol. The monoisotopic (exact) mass is 271 g/mol. The van der Waals surface area contributed by atoms with Gasteiger partial charge in [-0.2, -0.15) is 0 Å². The maximum atomic E-state index is 11.0. The summed E-state index contributed by atoms with van der Waals surface area (Å²) < 4.78 is 11.0. The van der Waals surface area contributed by atoms with E-state index in [-0.39, 0.29) is 6.04 Å². The molecule has 6 heteroatoms. The Morgan fingerprint density at radius 3 is 3.06 bits per heavy atom. The first kappa shape index (κ1) is 12.5. The Morgan fingerprint density at radius 1 is 1.59 bits per heavy atom. The molecule has 0 saturated heterocycles. The van der Waals surface area contributed by atoms with Crippen molar-refractivity contribution in [2.24, 2.45) is 5.73 Å². The van der Waals surface area contributed by atoms with Crippen molar-refractivity contribution < 1.29 is 4.21 Å². The van der Waals surface area contributed by atoms with Crippen molar-refractivity contribution in [2.75, 3.05) is 12.0 Å². The van der Waals surface area contributed by atoms with Gasteiger partial charge in [0.05, 0.1) is 17.1 Å². The average molecular weight is 272 g/mol. The zero-order valence-electron chi connectivity index (χ0n) is 9.44. The zero-order chi connectivity index (χ0) is 12.4. The molecule has 1 aromatic heterocycles. The number of nitrogens with one attached hydrogen (secondary N) is 1. The normalized spacial score (nSPS) is 15.0. The van der Waals surface area contributed by atoms with Gasteiger partial charge in [0.1, 0.15) is 5.82 Å². The Bertz CT molecular complexity index is 555. The summed E-state index contributed by atoms with van der Waals surface area (Å²) >= 11 is 5.89. The third-order valence-corrected chi connectivity index (χ3v) is 3.58. The fourth-order valence-corrected chi connectivity index (χ4v) is 2.36. The number of hydrogen-bond acceptors (Lipinski definition) is 3. The van der Waals surface area contributed by atoms with Gasteiger partial charge in [-0.3, -0.25) is 4.21 Å². The van der Waals surface area contributed by atoms with E-state index in [4.69, 9.17) is 17.3 Å². The second kappa shape index (κ2) is 5.16. The highest BCUT2D eigenvalue weighted by Gasteiger charge is 2.11. The number of rotatable bonds is 4. The van der Waals surface area contributed by atoms with Crippen LogP contribution in [-0.2, 0) is 10.8 Å². The molecule has 0 radical (unpaired) electrons. The van der Waals surface area contributed by atoms with Crippen LogP contribution in [0.3, 0.4) is 0 Å². The Kier molecular flexibility index (Phi) is 3.81. The fraction of sp³-hybridized carbons (Fsp3) is 0.364. The van der Waals surface area contributed by atoms with Gasteiger partial charge in [-0.25, -0.2) is 4.98 Å². The topological polar surface area (TPSA) is 71.8 Å². The van der Waals surface area contributed by atoms with Crippen LogP contribution in [0.5, 0.6) is 0 Å². The van der Waals surface area contributed by atoms with Crippen molar-refractivity contribution in [1.82, 2.24) is 9.97 Å². The smallest absolute Gasteiger partial charge is 0.124 e. The van der Waals surface area contributed by atoms with Crippen LogP contribution in [0, 0.1) is 0 Å². The third-order valence-electron chi connectivity index (χ3n) is 2.53. The van der Waals surface area contributed by atoms with Crippen LogP contribution >= 0.6 is 11.6 Å². The number of aromatic nitrogens is 2. The minimum Gasteiger partial charge on any atom is -0.341 e. The van der Waals surface area contributed by atoms with Crippen LogP contribution in [0.4, 0.5) is 0 Å². The molecule has 3 N–H and O–H groups in total. The van der Waals surface area contributed by atoms with Gasteiger partial charge in [-0.1, -0.05) is 11.6 Å². The van der Waals surface area contributed by atoms with Gasteiger partial charge in [0.2, 0.25) is 0 Å². The number of H-pyrrole nitrogens is 1. The van der Waals surface area contributed by atoms with Gasteiger partial charge in [0, 0.05) is 27.8 Å².